The van der Waals surface area contributed by atoms with Crippen LogP contribution in [0.15, 0.2) is 30.3 Å². The molecular formula is C19H19N5O3S. The molecule has 8 nitrogen and oxygen atoms in total. The molecule has 2 aromatic heterocycles. The van der Waals surface area contributed by atoms with Crippen LogP contribution >= 0.6 is 11.3 Å². The maximum atomic E-state index is 13.2. The number of carbonyl (C=O) groups excluding carboxylic acids is 1. The van der Waals surface area contributed by atoms with Crippen molar-refractivity contribution in [2.45, 2.75) is 39.4 Å². The molecule has 0 saturated heterocycles. The Morgan fingerprint density at radius 3 is 2.68 bits per heavy atom. The summed E-state index contributed by atoms with van der Waals surface area (Å²) in [5, 5.41) is 18.6. The first-order chi connectivity index (χ1) is 13.4. The van der Waals surface area contributed by atoms with Gasteiger partial charge in [0.2, 0.25) is 0 Å². The highest BCUT2D eigenvalue weighted by molar-refractivity contribution is 7.13. The standard InChI is InChI=1S/C19H19N5O3S/c1-11-17(28-16(20-11)8-13-6-4-3-5-7-13)18(25)24-10-15-22-21-12(2)23(15)9-14(24)19(26)27/h3-7,14H,8-10H2,1-2H3,(H,26,27). The summed E-state index contributed by atoms with van der Waals surface area (Å²) in [7, 11) is 0. The zero-order valence-corrected chi connectivity index (χ0v) is 16.3. The topological polar surface area (TPSA) is 101 Å². The average Bonchev–Trinajstić information content (AvgIpc) is 3.23. The van der Waals surface area contributed by atoms with Crippen LogP contribution in [0, 0.1) is 13.8 Å². The maximum Gasteiger partial charge on any atom is 0.328 e. The molecule has 1 amide bonds. The van der Waals surface area contributed by atoms with Gasteiger partial charge in [0.25, 0.3) is 5.91 Å². The summed E-state index contributed by atoms with van der Waals surface area (Å²) in [6, 6.07) is 8.94. The van der Waals surface area contributed by atoms with Gasteiger partial charge in [0.1, 0.15) is 16.7 Å². The SMILES string of the molecule is Cc1nc(Cc2ccccc2)sc1C(=O)N1Cc2nnc(C)n2CC1C(=O)O. The number of aromatic nitrogens is 4. The first kappa shape index (κ1) is 18.3. The number of rotatable bonds is 4. The number of hydrogen-bond acceptors (Lipinski definition) is 6. The van der Waals surface area contributed by atoms with E-state index in [1.807, 2.05) is 30.3 Å². The van der Waals surface area contributed by atoms with Crippen molar-refractivity contribution in [3.63, 3.8) is 0 Å². The van der Waals surface area contributed by atoms with Crippen LogP contribution in [-0.4, -0.2) is 47.7 Å². The molecule has 3 aromatic rings. The lowest BCUT2D eigenvalue weighted by Crippen LogP contribution is -2.50. The number of carboxylic acid groups (broad SMARTS) is 1. The molecular weight excluding hydrogens is 378 g/mol. The van der Waals surface area contributed by atoms with E-state index in [-0.39, 0.29) is 19.0 Å². The minimum absolute atomic E-state index is 0.113. The van der Waals surface area contributed by atoms with Gasteiger partial charge in [-0.25, -0.2) is 9.78 Å². The Hall–Kier alpha value is -3.07. The molecule has 4 rings (SSSR count). The summed E-state index contributed by atoms with van der Waals surface area (Å²) in [6.07, 6.45) is 0.634. The highest BCUT2D eigenvalue weighted by atomic mass is 32.1. The van der Waals surface area contributed by atoms with Crippen LogP contribution < -0.4 is 0 Å². The Kier molecular flexibility index (Phi) is 4.68. The predicted octanol–water partition coefficient (Wildman–Crippen LogP) is 2.05. The van der Waals surface area contributed by atoms with Crippen molar-refractivity contribution in [3.8, 4) is 0 Å². The molecule has 1 N–H and O–H groups in total. The number of benzene rings is 1. The normalized spacial score (nSPS) is 16.1. The van der Waals surface area contributed by atoms with Gasteiger partial charge in [-0.15, -0.1) is 21.5 Å². The molecule has 0 fully saturated rings. The van der Waals surface area contributed by atoms with Gasteiger partial charge in [0, 0.05) is 6.42 Å². The molecule has 0 saturated carbocycles. The van der Waals surface area contributed by atoms with Crippen LogP contribution in [0.1, 0.15) is 37.6 Å². The van der Waals surface area contributed by atoms with Crippen LogP contribution in [0.4, 0.5) is 0 Å². The van der Waals surface area contributed by atoms with Crippen LogP contribution in [0.3, 0.4) is 0 Å². The van der Waals surface area contributed by atoms with Gasteiger partial charge >= 0.3 is 5.97 Å². The van der Waals surface area contributed by atoms with Gasteiger partial charge in [-0.1, -0.05) is 30.3 Å². The third-order valence-electron chi connectivity index (χ3n) is 4.84. The first-order valence-corrected chi connectivity index (χ1v) is 9.68. The predicted molar refractivity (Wildman–Crippen MR) is 102 cm³/mol. The van der Waals surface area contributed by atoms with Gasteiger partial charge < -0.3 is 14.6 Å². The van der Waals surface area contributed by atoms with Gasteiger partial charge in [-0.2, -0.15) is 0 Å². The van der Waals surface area contributed by atoms with Crippen molar-refractivity contribution in [1.82, 2.24) is 24.6 Å². The van der Waals surface area contributed by atoms with Gasteiger partial charge in [-0.05, 0) is 19.4 Å². The number of nitrogens with zero attached hydrogens (tertiary/aromatic N) is 5. The maximum absolute atomic E-state index is 13.2. The lowest BCUT2D eigenvalue weighted by Gasteiger charge is -2.33. The van der Waals surface area contributed by atoms with E-state index < -0.39 is 12.0 Å². The summed E-state index contributed by atoms with van der Waals surface area (Å²) < 4.78 is 1.75. The lowest BCUT2D eigenvalue weighted by atomic mass is 10.1. The van der Waals surface area contributed by atoms with Gasteiger partial charge in [0.05, 0.1) is 23.8 Å². The molecule has 0 spiro atoms. The van der Waals surface area contributed by atoms with Crippen LogP contribution in [0.2, 0.25) is 0 Å². The number of aliphatic carboxylic acids is 1. The number of fused-ring (bicyclic) bond motifs is 1. The third kappa shape index (κ3) is 3.29. The smallest absolute Gasteiger partial charge is 0.328 e. The number of thiazole rings is 1. The Morgan fingerprint density at radius 1 is 1.21 bits per heavy atom. The number of amides is 1. The molecule has 1 aromatic carbocycles. The molecule has 9 heteroatoms. The second-order valence-corrected chi connectivity index (χ2v) is 7.83. The zero-order chi connectivity index (χ0) is 19.8. The summed E-state index contributed by atoms with van der Waals surface area (Å²) in [5.41, 5.74) is 1.73. The van der Waals surface area contributed by atoms with E-state index in [0.717, 1.165) is 10.6 Å². The summed E-state index contributed by atoms with van der Waals surface area (Å²) in [5.74, 6) is -0.130. The fourth-order valence-corrected chi connectivity index (χ4v) is 4.42. The first-order valence-electron chi connectivity index (χ1n) is 8.86. The highest BCUT2D eigenvalue weighted by Gasteiger charge is 2.38. The average molecular weight is 397 g/mol. The minimum atomic E-state index is -1.04. The molecule has 28 heavy (non-hydrogen) atoms. The number of carboxylic acids is 1. The van der Waals surface area contributed by atoms with Crippen LogP contribution in [0.25, 0.3) is 0 Å². The van der Waals surface area contributed by atoms with Crippen molar-refractivity contribution in [1.29, 1.82) is 0 Å². The van der Waals surface area contributed by atoms with E-state index >= 15 is 0 Å². The Morgan fingerprint density at radius 2 is 1.96 bits per heavy atom. The fraction of sp³-hybridized carbons (Fsp3) is 0.316. The molecule has 0 aliphatic carbocycles. The third-order valence-corrected chi connectivity index (χ3v) is 5.98. The van der Waals surface area contributed by atoms with E-state index in [1.165, 1.54) is 16.2 Å². The molecule has 144 valence electrons. The highest BCUT2D eigenvalue weighted by Crippen LogP contribution is 2.26. The second-order valence-electron chi connectivity index (χ2n) is 6.75. The molecule has 1 aliphatic rings. The monoisotopic (exact) mass is 397 g/mol. The van der Waals surface area contributed by atoms with E-state index in [2.05, 4.69) is 15.2 Å². The van der Waals surface area contributed by atoms with Gasteiger partial charge in [-0.3, -0.25) is 4.79 Å². The van der Waals surface area contributed by atoms with Crippen LogP contribution in [-0.2, 0) is 24.3 Å². The van der Waals surface area contributed by atoms with E-state index in [9.17, 15) is 14.7 Å². The molecule has 1 unspecified atom stereocenters. The second kappa shape index (κ2) is 7.16. The minimum Gasteiger partial charge on any atom is -0.480 e. The molecule has 1 atom stereocenters. The largest absolute Gasteiger partial charge is 0.480 e. The molecule has 1 aliphatic heterocycles. The van der Waals surface area contributed by atoms with Crippen molar-refractivity contribution < 1.29 is 14.7 Å². The Labute approximate surface area is 165 Å². The van der Waals surface area contributed by atoms with Crippen molar-refractivity contribution in [2.24, 2.45) is 0 Å². The Balaban J connectivity index is 1.62. The van der Waals surface area contributed by atoms with Crippen LogP contribution in [0.5, 0.6) is 0 Å². The van der Waals surface area contributed by atoms with Gasteiger partial charge in [0.15, 0.2) is 5.82 Å². The van der Waals surface area contributed by atoms with Crippen molar-refractivity contribution >= 4 is 23.2 Å². The van der Waals surface area contributed by atoms with Crippen molar-refractivity contribution in [2.75, 3.05) is 0 Å². The molecule has 3 heterocycles. The number of carbonyl (C=O) groups is 2. The van der Waals surface area contributed by atoms with E-state index in [0.29, 0.717) is 28.6 Å². The molecule has 0 bridgehead atoms. The number of hydrogen-bond donors (Lipinski definition) is 1. The summed E-state index contributed by atoms with van der Waals surface area (Å²) in [6.45, 7) is 3.81. The summed E-state index contributed by atoms with van der Waals surface area (Å²) in [4.78, 5) is 31.4. The van der Waals surface area contributed by atoms with E-state index in [4.69, 9.17) is 0 Å². The van der Waals surface area contributed by atoms with E-state index in [1.54, 1.807) is 18.4 Å². The fourth-order valence-electron chi connectivity index (χ4n) is 3.37. The summed E-state index contributed by atoms with van der Waals surface area (Å²) >= 11 is 1.32. The van der Waals surface area contributed by atoms with Crippen molar-refractivity contribution in [3.05, 3.63) is 63.1 Å². The Bertz CT molecular complexity index is 1040. The quantitative estimate of drug-likeness (QED) is 0.723. The lowest BCUT2D eigenvalue weighted by molar-refractivity contribution is -0.143. The zero-order valence-electron chi connectivity index (χ0n) is 15.5. The molecule has 0 radical (unpaired) electrons. The number of aryl methyl sites for hydroxylation is 2.